The molecule has 2 aromatic carbocycles. The zero-order valence-electron chi connectivity index (χ0n) is 13.8. The molecule has 2 amide bonds. The first-order chi connectivity index (χ1) is 12.4. The summed E-state index contributed by atoms with van der Waals surface area (Å²) in [4.78, 5) is 30.3. The van der Waals surface area contributed by atoms with E-state index >= 15 is 0 Å². The minimum Gasteiger partial charge on any atom is -0.326 e. The van der Waals surface area contributed by atoms with Crippen molar-refractivity contribution in [3.05, 3.63) is 57.9 Å². The van der Waals surface area contributed by atoms with E-state index in [-0.39, 0.29) is 18.2 Å². The van der Waals surface area contributed by atoms with Crippen molar-refractivity contribution in [2.24, 2.45) is 4.99 Å². The van der Waals surface area contributed by atoms with Crippen molar-refractivity contribution in [2.75, 3.05) is 12.4 Å². The molecule has 2 aromatic rings. The topological polar surface area (TPSA) is 61.8 Å². The SMILES string of the molecule is CN1C(=O)[C@H](CC(=O)Nc2ccc(I)cc2)SC1=Nc1cccc(F)c1. The van der Waals surface area contributed by atoms with Gasteiger partial charge in [-0.15, -0.1) is 0 Å². The second kappa shape index (κ2) is 8.17. The summed E-state index contributed by atoms with van der Waals surface area (Å²) < 4.78 is 14.4. The smallest absolute Gasteiger partial charge is 0.242 e. The van der Waals surface area contributed by atoms with E-state index in [2.05, 4.69) is 32.9 Å². The molecule has 26 heavy (non-hydrogen) atoms. The number of nitrogens with zero attached hydrogens (tertiary/aromatic N) is 2. The average Bonchev–Trinajstić information content (AvgIpc) is 2.85. The van der Waals surface area contributed by atoms with Crippen LogP contribution in [0, 0.1) is 9.39 Å². The molecule has 5 nitrogen and oxygen atoms in total. The molecule has 0 bridgehead atoms. The van der Waals surface area contributed by atoms with Crippen LogP contribution in [0.15, 0.2) is 53.5 Å². The molecule has 1 heterocycles. The maximum Gasteiger partial charge on any atom is 0.242 e. The summed E-state index contributed by atoms with van der Waals surface area (Å²) in [7, 11) is 1.60. The number of amides is 2. The summed E-state index contributed by atoms with van der Waals surface area (Å²) >= 11 is 3.40. The van der Waals surface area contributed by atoms with Crippen LogP contribution >= 0.6 is 34.4 Å². The zero-order valence-corrected chi connectivity index (χ0v) is 16.8. The van der Waals surface area contributed by atoms with Gasteiger partial charge in [0.15, 0.2) is 5.17 Å². The van der Waals surface area contributed by atoms with Crippen molar-refractivity contribution in [2.45, 2.75) is 11.7 Å². The van der Waals surface area contributed by atoms with Gasteiger partial charge in [0.1, 0.15) is 11.1 Å². The number of hydrogen-bond acceptors (Lipinski definition) is 4. The van der Waals surface area contributed by atoms with E-state index in [0.717, 1.165) is 3.57 Å². The lowest BCUT2D eigenvalue weighted by Gasteiger charge is -2.09. The maximum atomic E-state index is 13.3. The fraction of sp³-hybridized carbons (Fsp3) is 0.167. The Morgan fingerprint density at radius 1 is 1.31 bits per heavy atom. The minimum absolute atomic E-state index is 0.0436. The molecule has 0 saturated carbocycles. The average molecular weight is 483 g/mol. The number of benzene rings is 2. The van der Waals surface area contributed by atoms with E-state index in [4.69, 9.17) is 0 Å². The Labute approximate surface area is 168 Å². The van der Waals surface area contributed by atoms with Crippen molar-refractivity contribution >= 4 is 62.7 Å². The van der Waals surface area contributed by atoms with Crippen LogP contribution in [0.2, 0.25) is 0 Å². The van der Waals surface area contributed by atoms with Crippen molar-refractivity contribution in [3.8, 4) is 0 Å². The number of anilines is 1. The molecular formula is C18H15FIN3O2S. The van der Waals surface area contributed by atoms with Gasteiger partial charge in [0.05, 0.1) is 5.69 Å². The van der Waals surface area contributed by atoms with Gasteiger partial charge in [-0.25, -0.2) is 9.38 Å². The van der Waals surface area contributed by atoms with Gasteiger partial charge in [-0.3, -0.25) is 14.5 Å². The van der Waals surface area contributed by atoms with Crippen LogP contribution in [-0.2, 0) is 9.59 Å². The fourth-order valence-corrected chi connectivity index (χ4v) is 3.88. The molecule has 1 aliphatic heterocycles. The van der Waals surface area contributed by atoms with E-state index in [1.165, 1.54) is 28.8 Å². The summed E-state index contributed by atoms with van der Waals surface area (Å²) in [6.45, 7) is 0. The molecule has 8 heteroatoms. The zero-order chi connectivity index (χ0) is 18.7. The lowest BCUT2D eigenvalue weighted by Crippen LogP contribution is -2.30. The monoisotopic (exact) mass is 483 g/mol. The Morgan fingerprint density at radius 3 is 2.73 bits per heavy atom. The van der Waals surface area contributed by atoms with Gasteiger partial charge in [0, 0.05) is 22.7 Å². The first kappa shape index (κ1) is 18.8. The molecule has 0 unspecified atom stereocenters. The van der Waals surface area contributed by atoms with E-state index in [1.54, 1.807) is 19.2 Å². The summed E-state index contributed by atoms with van der Waals surface area (Å²) in [6, 6.07) is 13.2. The molecule has 1 aliphatic rings. The predicted octanol–water partition coefficient (Wildman–Crippen LogP) is 4.02. The molecule has 1 N–H and O–H groups in total. The normalized spacial score (nSPS) is 18.4. The van der Waals surface area contributed by atoms with Crippen molar-refractivity contribution in [1.82, 2.24) is 4.90 Å². The molecule has 134 valence electrons. The van der Waals surface area contributed by atoms with Gasteiger partial charge in [-0.1, -0.05) is 17.8 Å². The molecule has 0 aromatic heterocycles. The molecule has 1 atom stereocenters. The second-order valence-corrected chi connectivity index (χ2v) is 8.05. The highest BCUT2D eigenvalue weighted by molar-refractivity contribution is 14.1. The molecular weight excluding hydrogens is 468 g/mol. The molecule has 0 radical (unpaired) electrons. The number of amidine groups is 1. The van der Waals surface area contributed by atoms with Gasteiger partial charge in [0.25, 0.3) is 0 Å². The number of carbonyl (C=O) groups excluding carboxylic acids is 2. The Bertz CT molecular complexity index is 873. The van der Waals surface area contributed by atoms with Gasteiger partial charge in [0.2, 0.25) is 11.8 Å². The third-order valence-corrected chi connectivity index (χ3v) is 5.62. The highest BCUT2D eigenvalue weighted by Crippen LogP contribution is 2.30. The summed E-state index contributed by atoms with van der Waals surface area (Å²) in [6.07, 6.45) is 0.0436. The number of thioether (sulfide) groups is 1. The van der Waals surface area contributed by atoms with E-state index in [0.29, 0.717) is 16.5 Å². The molecule has 1 saturated heterocycles. The van der Waals surface area contributed by atoms with Crippen LogP contribution in [0.4, 0.5) is 15.8 Å². The first-order valence-electron chi connectivity index (χ1n) is 7.76. The van der Waals surface area contributed by atoms with Gasteiger partial charge in [-0.05, 0) is 65.1 Å². The van der Waals surface area contributed by atoms with E-state index in [1.807, 2.05) is 24.3 Å². The molecule has 0 spiro atoms. The number of nitrogens with one attached hydrogen (secondary N) is 1. The maximum absolute atomic E-state index is 13.3. The lowest BCUT2D eigenvalue weighted by molar-refractivity contribution is -0.127. The third kappa shape index (κ3) is 4.61. The quantitative estimate of drug-likeness (QED) is 0.669. The number of aliphatic imine (C=N–C) groups is 1. The van der Waals surface area contributed by atoms with Gasteiger partial charge >= 0.3 is 0 Å². The second-order valence-electron chi connectivity index (χ2n) is 5.64. The highest BCUT2D eigenvalue weighted by Gasteiger charge is 2.37. The van der Waals surface area contributed by atoms with Crippen LogP contribution in [0.1, 0.15) is 6.42 Å². The van der Waals surface area contributed by atoms with Crippen LogP contribution in [-0.4, -0.2) is 34.2 Å². The highest BCUT2D eigenvalue weighted by atomic mass is 127. The number of hydrogen-bond donors (Lipinski definition) is 1. The standard InChI is InChI=1S/C18H15FIN3O2S/c1-23-17(25)15(10-16(24)21-13-7-5-12(20)6-8-13)26-18(23)22-14-4-2-3-11(19)9-14/h2-9,15H,10H2,1H3,(H,21,24)/t15-/m0/s1. The van der Waals surface area contributed by atoms with Crippen LogP contribution in [0.25, 0.3) is 0 Å². The van der Waals surface area contributed by atoms with E-state index < -0.39 is 11.1 Å². The molecule has 3 rings (SSSR count). The number of carbonyl (C=O) groups is 2. The minimum atomic E-state index is -0.545. The predicted molar refractivity (Wildman–Crippen MR) is 110 cm³/mol. The van der Waals surface area contributed by atoms with Crippen LogP contribution in [0.3, 0.4) is 0 Å². The summed E-state index contributed by atoms with van der Waals surface area (Å²) in [5.41, 5.74) is 1.11. The number of rotatable bonds is 4. The van der Waals surface area contributed by atoms with Crippen molar-refractivity contribution < 1.29 is 14.0 Å². The van der Waals surface area contributed by atoms with Gasteiger partial charge < -0.3 is 5.32 Å². The molecule has 1 fully saturated rings. The molecule has 0 aliphatic carbocycles. The third-order valence-electron chi connectivity index (χ3n) is 3.67. The summed E-state index contributed by atoms with van der Waals surface area (Å²) in [5, 5.41) is 2.69. The Morgan fingerprint density at radius 2 is 2.04 bits per heavy atom. The lowest BCUT2D eigenvalue weighted by atomic mass is 10.2. The first-order valence-corrected chi connectivity index (χ1v) is 9.72. The van der Waals surface area contributed by atoms with Crippen LogP contribution in [0.5, 0.6) is 0 Å². The largest absolute Gasteiger partial charge is 0.326 e. The Hall–Kier alpha value is -1.94. The Kier molecular flexibility index (Phi) is 5.92. The van der Waals surface area contributed by atoms with Crippen LogP contribution < -0.4 is 5.32 Å². The summed E-state index contributed by atoms with van der Waals surface area (Å²) in [5.74, 6) is -0.822. The Balaban J connectivity index is 1.66. The van der Waals surface area contributed by atoms with Gasteiger partial charge in [-0.2, -0.15) is 0 Å². The van der Waals surface area contributed by atoms with Crippen molar-refractivity contribution in [3.63, 3.8) is 0 Å². The number of halogens is 2. The fourth-order valence-electron chi connectivity index (χ4n) is 2.37. The van der Waals surface area contributed by atoms with E-state index in [9.17, 15) is 14.0 Å². The van der Waals surface area contributed by atoms with Crippen molar-refractivity contribution in [1.29, 1.82) is 0 Å².